The van der Waals surface area contributed by atoms with E-state index in [4.69, 9.17) is 12.2 Å². The topological polar surface area (TPSA) is 44.9 Å². The Morgan fingerprint density at radius 1 is 1.11 bits per heavy atom. The third-order valence-electron chi connectivity index (χ3n) is 5.59. The van der Waals surface area contributed by atoms with Gasteiger partial charge in [-0.15, -0.1) is 0 Å². The standard InChI is InChI=1S/C22H18N4S/c23-13-17-3-1-2-4-19(17)22(25-10-8-24-14-25)18-11-15-5-6-20(27)26-9-7-16(12-18)21(15)26/h1-4,8,10-12,14,22H,5-7,9H2. The summed E-state index contributed by atoms with van der Waals surface area (Å²) in [7, 11) is 0. The van der Waals surface area contributed by atoms with E-state index in [1.165, 1.54) is 22.4 Å². The summed E-state index contributed by atoms with van der Waals surface area (Å²) in [4.78, 5) is 7.63. The van der Waals surface area contributed by atoms with Crippen LogP contribution in [0.5, 0.6) is 0 Å². The Bertz CT molecular complexity index is 1080. The molecule has 0 saturated heterocycles. The Morgan fingerprint density at radius 3 is 2.70 bits per heavy atom. The van der Waals surface area contributed by atoms with E-state index < -0.39 is 0 Å². The molecule has 0 bridgehead atoms. The van der Waals surface area contributed by atoms with Crippen molar-refractivity contribution in [3.8, 4) is 6.07 Å². The predicted octanol–water partition coefficient (Wildman–Crippen LogP) is 4.03. The van der Waals surface area contributed by atoms with E-state index in [0.717, 1.165) is 36.4 Å². The molecule has 2 aliphatic rings. The fourth-order valence-electron chi connectivity index (χ4n) is 4.41. The number of hydrogen-bond acceptors (Lipinski definition) is 3. The third kappa shape index (κ3) is 2.56. The van der Waals surface area contributed by atoms with Crippen molar-refractivity contribution in [2.45, 2.75) is 25.3 Å². The van der Waals surface area contributed by atoms with E-state index >= 15 is 0 Å². The molecule has 3 aromatic rings. The van der Waals surface area contributed by atoms with E-state index in [1.807, 2.05) is 36.8 Å². The molecule has 4 nitrogen and oxygen atoms in total. The minimum atomic E-state index is -0.0622. The molecule has 1 unspecified atom stereocenters. The monoisotopic (exact) mass is 370 g/mol. The van der Waals surface area contributed by atoms with Crippen molar-refractivity contribution in [3.63, 3.8) is 0 Å². The molecule has 5 rings (SSSR count). The zero-order valence-corrected chi connectivity index (χ0v) is 15.6. The van der Waals surface area contributed by atoms with Crippen LogP contribution in [-0.4, -0.2) is 21.1 Å². The summed E-state index contributed by atoms with van der Waals surface area (Å²) in [5.41, 5.74) is 6.98. The fourth-order valence-corrected chi connectivity index (χ4v) is 4.70. The lowest BCUT2D eigenvalue weighted by Gasteiger charge is -2.29. The van der Waals surface area contributed by atoms with Crippen molar-refractivity contribution in [3.05, 3.63) is 82.9 Å². The molecule has 27 heavy (non-hydrogen) atoms. The maximum Gasteiger partial charge on any atom is 0.0995 e. The van der Waals surface area contributed by atoms with Crippen LogP contribution in [0.2, 0.25) is 0 Å². The van der Waals surface area contributed by atoms with Crippen LogP contribution in [0.25, 0.3) is 0 Å². The second-order valence-corrected chi connectivity index (χ2v) is 7.57. The highest BCUT2D eigenvalue weighted by Gasteiger charge is 2.31. The van der Waals surface area contributed by atoms with Gasteiger partial charge in [0.1, 0.15) is 0 Å². The molecule has 0 spiro atoms. The number of anilines is 1. The molecule has 0 N–H and O–H groups in total. The normalized spacial score (nSPS) is 16.1. The number of nitriles is 1. The minimum Gasteiger partial charge on any atom is -0.335 e. The number of rotatable bonds is 3. The van der Waals surface area contributed by atoms with E-state index in [2.05, 4.69) is 32.7 Å². The molecule has 3 heterocycles. The van der Waals surface area contributed by atoms with Crippen molar-refractivity contribution in [2.24, 2.45) is 0 Å². The SMILES string of the molecule is N#Cc1ccccc1C(c1cc2c3c(c1)CCN3C(=S)CC2)n1ccnc1. The first-order valence-corrected chi connectivity index (χ1v) is 9.59. The zero-order valence-electron chi connectivity index (χ0n) is 14.8. The van der Waals surface area contributed by atoms with E-state index in [1.54, 1.807) is 6.20 Å². The van der Waals surface area contributed by atoms with Crippen LogP contribution < -0.4 is 4.90 Å². The van der Waals surface area contributed by atoms with Crippen LogP contribution in [-0.2, 0) is 12.8 Å². The van der Waals surface area contributed by atoms with Crippen LogP contribution in [0.1, 0.15) is 40.3 Å². The molecular weight excluding hydrogens is 352 g/mol. The molecule has 0 fully saturated rings. The molecule has 132 valence electrons. The molecule has 2 aliphatic heterocycles. The van der Waals surface area contributed by atoms with Gasteiger partial charge in [-0.2, -0.15) is 5.26 Å². The third-order valence-corrected chi connectivity index (χ3v) is 6.01. The minimum absolute atomic E-state index is 0.0622. The lowest BCUT2D eigenvalue weighted by atomic mass is 9.89. The maximum absolute atomic E-state index is 9.64. The van der Waals surface area contributed by atoms with Gasteiger partial charge in [0.05, 0.1) is 29.0 Å². The number of thiocarbonyl (C=S) groups is 1. The van der Waals surface area contributed by atoms with Crippen molar-refractivity contribution in [1.82, 2.24) is 9.55 Å². The molecular formula is C22H18N4S. The Labute approximate surface area is 163 Å². The molecule has 0 saturated carbocycles. The predicted molar refractivity (Wildman–Crippen MR) is 109 cm³/mol. The van der Waals surface area contributed by atoms with Gasteiger partial charge in [-0.3, -0.25) is 0 Å². The van der Waals surface area contributed by atoms with Gasteiger partial charge in [-0.25, -0.2) is 4.98 Å². The first-order chi connectivity index (χ1) is 13.3. The number of benzene rings is 2. The maximum atomic E-state index is 9.64. The van der Waals surface area contributed by atoms with Gasteiger partial charge in [-0.05, 0) is 41.2 Å². The Hall–Kier alpha value is -2.97. The van der Waals surface area contributed by atoms with Crippen LogP contribution >= 0.6 is 12.2 Å². The van der Waals surface area contributed by atoms with Crippen LogP contribution in [0.4, 0.5) is 5.69 Å². The molecule has 1 aromatic heterocycles. The highest BCUT2D eigenvalue weighted by Crippen LogP contribution is 2.41. The summed E-state index contributed by atoms with van der Waals surface area (Å²) in [6.07, 6.45) is 8.54. The lowest BCUT2D eigenvalue weighted by Crippen LogP contribution is -2.31. The van der Waals surface area contributed by atoms with Gasteiger partial charge in [-0.1, -0.05) is 42.5 Å². The van der Waals surface area contributed by atoms with E-state index in [0.29, 0.717) is 5.56 Å². The summed E-state index contributed by atoms with van der Waals surface area (Å²) >= 11 is 5.57. The Balaban J connectivity index is 1.71. The summed E-state index contributed by atoms with van der Waals surface area (Å²) in [6, 6.07) is 14.7. The second-order valence-electron chi connectivity index (χ2n) is 7.09. The number of hydrogen-bond donors (Lipinski definition) is 0. The molecule has 0 aliphatic carbocycles. The summed E-state index contributed by atoms with van der Waals surface area (Å²) in [5.74, 6) is 0. The van der Waals surface area contributed by atoms with Crippen LogP contribution in [0.15, 0.2) is 55.1 Å². The van der Waals surface area contributed by atoms with Crippen molar-refractivity contribution < 1.29 is 0 Å². The van der Waals surface area contributed by atoms with Gasteiger partial charge >= 0.3 is 0 Å². The zero-order chi connectivity index (χ0) is 18.4. The Morgan fingerprint density at radius 2 is 1.93 bits per heavy atom. The molecule has 0 amide bonds. The van der Waals surface area contributed by atoms with Gasteiger partial charge in [0, 0.05) is 31.0 Å². The van der Waals surface area contributed by atoms with Crippen molar-refractivity contribution in [2.75, 3.05) is 11.4 Å². The smallest absolute Gasteiger partial charge is 0.0995 e. The number of aryl methyl sites for hydroxylation is 1. The average Bonchev–Trinajstić information content (AvgIpc) is 3.36. The van der Waals surface area contributed by atoms with Gasteiger partial charge in [0.25, 0.3) is 0 Å². The number of nitrogens with zero attached hydrogens (tertiary/aromatic N) is 4. The van der Waals surface area contributed by atoms with E-state index in [9.17, 15) is 5.26 Å². The number of aromatic nitrogens is 2. The molecule has 1 atom stereocenters. The number of imidazole rings is 1. The highest BCUT2D eigenvalue weighted by atomic mass is 32.1. The molecule has 2 aromatic carbocycles. The van der Waals surface area contributed by atoms with Gasteiger partial charge < -0.3 is 9.47 Å². The van der Waals surface area contributed by atoms with Gasteiger partial charge in [0.15, 0.2) is 0 Å². The lowest BCUT2D eigenvalue weighted by molar-refractivity contribution is 0.673. The van der Waals surface area contributed by atoms with Crippen molar-refractivity contribution in [1.29, 1.82) is 5.26 Å². The first kappa shape index (κ1) is 16.2. The largest absolute Gasteiger partial charge is 0.335 e. The Kier molecular flexibility index (Phi) is 3.80. The second kappa shape index (κ2) is 6.33. The molecule has 5 heteroatoms. The van der Waals surface area contributed by atoms with Gasteiger partial charge in [0.2, 0.25) is 0 Å². The quantitative estimate of drug-likeness (QED) is 0.653. The first-order valence-electron chi connectivity index (χ1n) is 9.19. The van der Waals surface area contributed by atoms with Crippen molar-refractivity contribution >= 4 is 22.9 Å². The van der Waals surface area contributed by atoms with Crippen LogP contribution in [0, 0.1) is 11.3 Å². The van der Waals surface area contributed by atoms with Crippen LogP contribution in [0.3, 0.4) is 0 Å². The summed E-state index contributed by atoms with van der Waals surface area (Å²) < 4.78 is 2.09. The summed E-state index contributed by atoms with van der Waals surface area (Å²) in [5, 5.41) is 9.64. The average molecular weight is 370 g/mol. The summed E-state index contributed by atoms with van der Waals surface area (Å²) in [6.45, 7) is 0.981. The fraction of sp³-hybridized carbons (Fsp3) is 0.227. The van der Waals surface area contributed by atoms with E-state index in [-0.39, 0.29) is 6.04 Å². The molecule has 0 radical (unpaired) electrons. The highest BCUT2D eigenvalue weighted by molar-refractivity contribution is 7.80.